The lowest BCUT2D eigenvalue weighted by molar-refractivity contribution is -0.140. The van der Waals surface area contributed by atoms with E-state index in [1.54, 1.807) is 4.90 Å². The van der Waals surface area contributed by atoms with Crippen LogP contribution in [0, 0.1) is 5.92 Å². The van der Waals surface area contributed by atoms with Gasteiger partial charge in [-0.2, -0.15) is 0 Å². The molecule has 0 saturated carbocycles. The Bertz CT molecular complexity index is 1410. The van der Waals surface area contributed by atoms with Crippen molar-refractivity contribution in [2.75, 3.05) is 25.6 Å². The number of piperidine rings is 1. The highest BCUT2D eigenvalue weighted by atomic mass is 79.9. The number of likely N-dealkylation sites (tertiary alicyclic amines) is 1. The molecule has 4 heterocycles. The highest BCUT2D eigenvalue weighted by Crippen LogP contribution is 2.43. The summed E-state index contributed by atoms with van der Waals surface area (Å²) in [5.41, 5.74) is 7.28. The number of carbonyl (C=O) groups is 1. The Kier molecular flexibility index (Phi) is 7.85. The third kappa shape index (κ3) is 5.92. The van der Waals surface area contributed by atoms with Gasteiger partial charge in [-0.25, -0.2) is 19.5 Å². The average molecular weight is 629 g/mol. The minimum Gasteiger partial charge on any atom is -0.454 e. The van der Waals surface area contributed by atoms with Crippen LogP contribution >= 0.6 is 35.5 Å². The Morgan fingerprint density at radius 1 is 1.29 bits per heavy atom. The SMILES string of the molecule is C[C@H](OP(=O)(O)O)C(=O)N1CCC(CCn2c(Sc3cc4c(cc3Br)OCO4)nc3c(N)ncnc32)CC1. The molecule has 0 radical (unpaired) electrons. The lowest BCUT2D eigenvalue weighted by Gasteiger charge is -2.33. The number of fused-ring (bicyclic) bond motifs is 2. The van der Waals surface area contributed by atoms with Crippen molar-refractivity contribution in [1.29, 1.82) is 0 Å². The minimum atomic E-state index is -4.73. The molecule has 2 aliphatic heterocycles. The Balaban J connectivity index is 1.28. The third-order valence-electron chi connectivity index (χ3n) is 6.48. The molecule has 1 saturated heterocycles. The maximum atomic E-state index is 12.5. The molecule has 0 aliphatic carbocycles. The van der Waals surface area contributed by atoms with Gasteiger partial charge in [0.2, 0.25) is 6.79 Å². The number of carbonyl (C=O) groups excluding carboxylic acids is 1. The predicted octanol–water partition coefficient (Wildman–Crippen LogP) is 3.18. The van der Waals surface area contributed by atoms with Crippen LogP contribution in [0.25, 0.3) is 11.2 Å². The normalized spacial score (nSPS) is 16.8. The van der Waals surface area contributed by atoms with Gasteiger partial charge >= 0.3 is 7.82 Å². The molecule has 1 fully saturated rings. The molecule has 5 rings (SSSR count). The summed E-state index contributed by atoms with van der Waals surface area (Å²) in [6, 6.07) is 3.77. The molecule has 16 heteroatoms. The van der Waals surface area contributed by atoms with Crippen LogP contribution < -0.4 is 15.2 Å². The molecular formula is C22H26BrN6O7PS. The number of nitrogen functional groups attached to an aromatic ring is 1. The van der Waals surface area contributed by atoms with Crippen LogP contribution in [0.4, 0.5) is 5.82 Å². The summed E-state index contributed by atoms with van der Waals surface area (Å²) in [4.78, 5) is 46.2. The minimum absolute atomic E-state index is 0.181. The predicted molar refractivity (Wildman–Crippen MR) is 141 cm³/mol. The zero-order valence-electron chi connectivity index (χ0n) is 20.3. The molecule has 204 valence electrons. The number of aromatic nitrogens is 4. The summed E-state index contributed by atoms with van der Waals surface area (Å²) < 4.78 is 29.5. The summed E-state index contributed by atoms with van der Waals surface area (Å²) in [6.07, 6.45) is 2.56. The van der Waals surface area contributed by atoms with Crippen LogP contribution in [-0.4, -0.2) is 66.1 Å². The van der Waals surface area contributed by atoms with Crippen LogP contribution in [0.5, 0.6) is 11.5 Å². The van der Waals surface area contributed by atoms with E-state index in [9.17, 15) is 9.36 Å². The fourth-order valence-corrected chi connectivity index (χ4v) is 6.56. The number of imidazole rings is 1. The Morgan fingerprint density at radius 2 is 2.00 bits per heavy atom. The molecule has 4 N–H and O–H groups in total. The summed E-state index contributed by atoms with van der Waals surface area (Å²) in [5, 5.41) is 0.711. The largest absolute Gasteiger partial charge is 0.470 e. The second-order valence-electron chi connectivity index (χ2n) is 9.01. The molecule has 1 aromatic carbocycles. The van der Waals surface area contributed by atoms with Crippen molar-refractivity contribution in [2.45, 2.75) is 48.9 Å². The highest BCUT2D eigenvalue weighted by molar-refractivity contribution is 9.10. The average Bonchev–Trinajstić information content (AvgIpc) is 3.46. The van der Waals surface area contributed by atoms with E-state index >= 15 is 0 Å². The number of phosphoric acid groups is 1. The van der Waals surface area contributed by atoms with Crippen LogP contribution in [0.2, 0.25) is 0 Å². The van der Waals surface area contributed by atoms with Crippen molar-refractivity contribution in [2.24, 2.45) is 5.92 Å². The molecule has 0 bridgehead atoms. The van der Waals surface area contributed by atoms with E-state index in [1.807, 2.05) is 16.7 Å². The van der Waals surface area contributed by atoms with Gasteiger partial charge in [-0.1, -0.05) is 11.8 Å². The van der Waals surface area contributed by atoms with Crippen molar-refractivity contribution in [3.63, 3.8) is 0 Å². The number of anilines is 1. The lowest BCUT2D eigenvalue weighted by Crippen LogP contribution is -2.43. The molecule has 2 aromatic heterocycles. The van der Waals surface area contributed by atoms with Crippen molar-refractivity contribution < 1.29 is 33.1 Å². The topological polar surface area (TPSA) is 175 Å². The second kappa shape index (κ2) is 11.0. The van der Waals surface area contributed by atoms with Gasteiger partial charge in [0.25, 0.3) is 5.91 Å². The molecule has 3 aromatic rings. The van der Waals surface area contributed by atoms with E-state index in [-0.39, 0.29) is 6.79 Å². The maximum absolute atomic E-state index is 12.5. The molecule has 0 unspecified atom stereocenters. The van der Waals surface area contributed by atoms with Crippen LogP contribution in [-0.2, 0) is 20.4 Å². The van der Waals surface area contributed by atoms with Gasteiger partial charge in [0.15, 0.2) is 33.6 Å². The Labute approximate surface area is 230 Å². The van der Waals surface area contributed by atoms with E-state index in [1.165, 1.54) is 25.0 Å². The number of amides is 1. The summed E-state index contributed by atoms with van der Waals surface area (Å²) in [7, 11) is -4.73. The number of ether oxygens (including phenoxy) is 2. The van der Waals surface area contributed by atoms with Gasteiger partial charge in [0.05, 0.1) is 0 Å². The lowest BCUT2D eigenvalue weighted by atomic mass is 9.93. The van der Waals surface area contributed by atoms with Gasteiger partial charge in [-0.15, -0.1) is 0 Å². The van der Waals surface area contributed by atoms with Crippen LogP contribution in [0.3, 0.4) is 0 Å². The van der Waals surface area contributed by atoms with Gasteiger partial charge in [0.1, 0.15) is 12.4 Å². The monoisotopic (exact) mass is 628 g/mol. The number of aryl methyl sites for hydroxylation is 1. The molecule has 2 aliphatic rings. The zero-order chi connectivity index (χ0) is 27.0. The standard InChI is InChI=1S/C22H26BrN6O7PS/c1-12(36-37(31,32)33)21(30)28-5-2-13(3-6-28)4-7-29-20-18(19(24)25-10-26-20)27-22(29)38-17-9-16-15(8-14(17)23)34-11-35-16/h8-10,12-13H,2-7,11H2,1H3,(H2,24,25,26)(H2,31,32,33)/t12-/m0/s1. The first-order valence-electron chi connectivity index (χ1n) is 11.9. The fourth-order valence-electron chi connectivity index (χ4n) is 4.55. The van der Waals surface area contributed by atoms with E-state index in [0.29, 0.717) is 59.2 Å². The number of benzene rings is 1. The quantitative estimate of drug-likeness (QED) is 0.311. The zero-order valence-corrected chi connectivity index (χ0v) is 23.6. The van der Waals surface area contributed by atoms with E-state index in [4.69, 9.17) is 30.0 Å². The molecule has 1 atom stereocenters. The maximum Gasteiger partial charge on any atom is 0.470 e. The second-order valence-corrected chi connectivity index (χ2v) is 12.1. The number of hydrogen-bond acceptors (Lipinski definition) is 10. The van der Waals surface area contributed by atoms with E-state index in [2.05, 4.69) is 30.4 Å². The van der Waals surface area contributed by atoms with Gasteiger partial charge in [0, 0.05) is 29.0 Å². The molecule has 0 spiro atoms. The fraction of sp³-hybridized carbons (Fsp3) is 0.455. The number of nitrogens with zero attached hydrogens (tertiary/aromatic N) is 5. The first-order valence-corrected chi connectivity index (χ1v) is 15.0. The summed E-state index contributed by atoms with van der Waals surface area (Å²) >= 11 is 5.06. The first-order chi connectivity index (χ1) is 18.1. The number of nitrogens with two attached hydrogens (primary N) is 1. The van der Waals surface area contributed by atoms with E-state index in [0.717, 1.165) is 28.6 Å². The first kappa shape index (κ1) is 27.2. The van der Waals surface area contributed by atoms with Crippen LogP contribution in [0.15, 0.2) is 33.0 Å². The highest BCUT2D eigenvalue weighted by Gasteiger charge is 2.31. The Hall–Kier alpha value is -2.42. The number of hydrogen-bond donors (Lipinski definition) is 3. The molecular weight excluding hydrogens is 603 g/mol. The van der Waals surface area contributed by atoms with Crippen molar-refractivity contribution in [3.05, 3.63) is 22.9 Å². The van der Waals surface area contributed by atoms with Crippen LogP contribution in [0.1, 0.15) is 26.2 Å². The molecule has 38 heavy (non-hydrogen) atoms. The van der Waals surface area contributed by atoms with Gasteiger partial charge in [-0.3, -0.25) is 9.32 Å². The summed E-state index contributed by atoms with van der Waals surface area (Å²) in [6.45, 7) is 3.14. The third-order valence-corrected chi connectivity index (χ3v) is 9.05. The molecule has 13 nitrogen and oxygen atoms in total. The summed E-state index contributed by atoms with van der Waals surface area (Å²) in [5.74, 6) is 1.56. The van der Waals surface area contributed by atoms with Gasteiger partial charge in [-0.05, 0) is 60.2 Å². The van der Waals surface area contributed by atoms with Gasteiger partial charge < -0.3 is 34.5 Å². The number of halogens is 1. The van der Waals surface area contributed by atoms with Crippen molar-refractivity contribution in [3.8, 4) is 11.5 Å². The van der Waals surface area contributed by atoms with Crippen molar-refractivity contribution >= 4 is 58.4 Å². The number of phosphoric ester groups is 1. The Morgan fingerprint density at radius 3 is 2.71 bits per heavy atom. The van der Waals surface area contributed by atoms with Crippen molar-refractivity contribution in [1.82, 2.24) is 24.4 Å². The molecule has 1 amide bonds. The number of rotatable bonds is 8. The van der Waals surface area contributed by atoms with E-state index < -0.39 is 19.8 Å². The smallest absolute Gasteiger partial charge is 0.454 e.